The van der Waals surface area contributed by atoms with Crippen molar-refractivity contribution in [2.24, 2.45) is 0 Å². The van der Waals surface area contributed by atoms with Gasteiger partial charge in [0.2, 0.25) is 5.88 Å². The number of piperidine rings is 1. The molecule has 5 rings (SSSR count). The Morgan fingerprint density at radius 3 is 2.49 bits per heavy atom. The van der Waals surface area contributed by atoms with Crippen molar-refractivity contribution < 1.29 is 41.4 Å². The van der Waals surface area contributed by atoms with E-state index >= 15 is 0 Å². The van der Waals surface area contributed by atoms with Gasteiger partial charge in [-0.05, 0) is 30.3 Å². The van der Waals surface area contributed by atoms with Crippen molar-refractivity contribution in [1.82, 2.24) is 19.4 Å². The summed E-state index contributed by atoms with van der Waals surface area (Å²) in [6.07, 6.45) is -2.00. The van der Waals surface area contributed by atoms with Gasteiger partial charge in [0.1, 0.15) is 0 Å². The van der Waals surface area contributed by atoms with Gasteiger partial charge < -0.3 is 19.3 Å². The van der Waals surface area contributed by atoms with Crippen molar-refractivity contribution in [1.29, 1.82) is 0 Å². The number of fused-ring (bicyclic) bond motifs is 1. The Morgan fingerprint density at radius 1 is 1.05 bits per heavy atom. The number of benzene rings is 2. The maximum Gasteiger partial charge on any atom is 0.490 e. The van der Waals surface area contributed by atoms with Crippen LogP contribution in [0, 0.1) is 0 Å². The van der Waals surface area contributed by atoms with E-state index in [9.17, 15) is 26.7 Å². The maximum absolute atomic E-state index is 14.7. The fourth-order valence-electron chi connectivity index (χ4n) is 3.83. The van der Waals surface area contributed by atoms with Gasteiger partial charge in [-0.15, -0.1) is 0 Å². The van der Waals surface area contributed by atoms with Gasteiger partial charge in [-0.3, -0.25) is 4.79 Å². The first kappa shape index (κ1) is 27.5. The molecule has 1 saturated heterocycles. The van der Waals surface area contributed by atoms with E-state index in [1.807, 2.05) is 24.3 Å². The van der Waals surface area contributed by atoms with E-state index < -0.39 is 30.6 Å². The molecule has 0 saturated carbocycles. The van der Waals surface area contributed by atoms with Gasteiger partial charge in [0.25, 0.3) is 11.8 Å². The Labute approximate surface area is 218 Å². The minimum atomic E-state index is -5.08. The zero-order chi connectivity index (χ0) is 28.2. The van der Waals surface area contributed by atoms with Crippen molar-refractivity contribution >= 4 is 22.8 Å². The molecule has 1 aliphatic rings. The van der Waals surface area contributed by atoms with E-state index in [4.69, 9.17) is 14.6 Å². The molecule has 0 aliphatic carbocycles. The highest BCUT2D eigenvalue weighted by atomic mass is 19.4. The first-order valence-electron chi connectivity index (χ1n) is 11.5. The molecule has 3 heterocycles. The van der Waals surface area contributed by atoms with Crippen molar-refractivity contribution in [3.05, 3.63) is 84.9 Å². The molecule has 2 aromatic carbocycles. The molecule has 1 fully saturated rings. The number of hydrogen-bond donors (Lipinski definition) is 1. The number of hydrogen-bond acceptors (Lipinski definition) is 5. The number of nitrogens with zero attached hydrogens (tertiary/aromatic N) is 4. The molecule has 2 aromatic heterocycles. The monoisotopic (exact) mass is 548 g/mol. The van der Waals surface area contributed by atoms with Crippen molar-refractivity contribution in [2.75, 3.05) is 13.1 Å². The number of carboxylic acids is 1. The van der Waals surface area contributed by atoms with Gasteiger partial charge in [0, 0.05) is 48.1 Å². The summed E-state index contributed by atoms with van der Waals surface area (Å²) in [7, 11) is 0. The zero-order valence-electron chi connectivity index (χ0n) is 20.1. The molecule has 0 bridgehead atoms. The largest absolute Gasteiger partial charge is 0.490 e. The molecule has 8 nitrogen and oxygen atoms in total. The number of imidazole rings is 1. The molecule has 1 atom stereocenters. The van der Waals surface area contributed by atoms with Crippen LogP contribution in [0.15, 0.2) is 79.4 Å². The third-order valence-corrected chi connectivity index (χ3v) is 5.83. The summed E-state index contributed by atoms with van der Waals surface area (Å²) in [6.45, 7) is -0.276. The molecular weight excluding hydrogens is 527 g/mol. The van der Waals surface area contributed by atoms with Crippen LogP contribution in [0.4, 0.5) is 22.0 Å². The number of carbonyl (C=O) groups excluding carboxylic acids is 1. The van der Waals surface area contributed by atoms with Crippen LogP contribution in [0.5, 0.6) is 5.88 Å². The summed E-state index contributed by atoms with van der Waals surface area (Å²) in [4.78, 5) is 31.7. The summed E-state index contributed by atoms with van der Waals surface area (Å²) in [5.74, 6) is -6.03. The molecule has 39 heavy (non-hydrogen) atoms. The highest BCUT2D eigenvalue weighted by Crippen LogP contribution is 2.32. The normalized spacial score (nSPS) is 16.7. The first-order valence-corrected chi connectivity index (χ1v) is 11.5. The van der Waals surface area contributed by atoms with Gasteiger partial charge in [-0.2, -0.15) is 13.2 Å². The molecule has 4 aromatic rings. The van der Waals surface area contributed by atoms with E-state index in [0.29, 0.717) is 11.1 Å². The highest BCUT2D eigenvalue weighted by molar-refractivity contribution is 5.95. The Balaban J connectivity index is 0.000000448. The predicted molar refractivity (Wildman–Crippen MR) is 129 cm³/mol. The second kappa shape index (κ2) is 11.1. The number of amides is 1. The van der Waals surface area contributed by atoms with E-state index in [-0.39, 0.29) is 24.9 Å². The van der Waals surface area contributed by atoms with Crippen LogP contribution in [0.2, 0.25) is 0 Å². The summed E-state index contributed by atoms with van der Waals surface area (Å²) in [5, 5.41) is 8.02. The third-order valence-electron chi connectivity index (χ3n) is 5.83. The molecule has 0 radical (unpaired) electrons. The van der Waals surface area contributed by atoms with Crippen molar-refractivity contribution in [3.8, 4) is 11.6 Å². The number of halogens is 5. The molecule has 1 aliphatic heterocycles. The van der Waals surface area contributed by atoms with Crippen LogP contribution in [0.25, 0.3) is 16.6 Å². The molecule has 0 spiro atoms. The third kappa shape index (κ3) is 6.67. The lowest BCUT2D eigenvalue weighted by Crippen LogP contribution is -2.55. The van der Waals surface area contributed by atoms with Gasteiger partial charge in [-0.25, -0.2) is 23.5 Å². The first-order chi connectivity index (χ1) is 18.4. The number of aliphatic carboxylic acids is 1. The fourth-order valence-corrected chi connectivity index (χ4v) is 3.83. The molecule has 1 amide bonds. The maximum atomic E-state index is 14.7. The topological polar surface area (TPSA) is 97.5 Å². The Morgan fingerprint density at radius 2 is 1.79 bits per heavy atom. The lowest BCUT2D eigenvalue weighted by atomic mass is 10.0. The van der Waals surface area contributed by atoms with Gasteiger partial charge in [0.15, 0.2) is 6.10 Å². The van der Waals surface area contributed by atoms with E-state index in [0.717, 1.165) is 11.1 Å². The molecule has 13 heteroatoms. The zero-order valence-corrected chi connectivity index (χ0v) is 20.1. The number of pyridine rings is 1. The van der Waals surface area contributed by atoms with Crippen LogP contribution in [0.3, 0.4) is 0 Å². The standard InChI is InChI=1S/C24H20F2N4O2.C2HF3O2/c25-24(26)10-12-29(23(31)18-5-3-6-19(14-18)30-13-11-27-16-30)15-21(24)32-22-9-8-17-4-1-2-7-20(17)28-22;3-2(4,5)1(6)7/h1-9,11,13-14,16,21H,10,12,15H2;(H,6,7). The Bertz CT molecular complexity index is 1460. The minimum Gasteiger partial charge on any atom is -0.475 e. The quantitative estimate of drug-likeness (QED) is 0.362. The summed E-state index contributed by atoms with van der Waals surface area (Å²) in [5.41, 5.74) is 1.85. The highest BCUT2D eigenvalue weighted by Gasteiger charge is 2.47. The Kier molecular flexibility index (Phi) is 7.79. The number of aromatic nitrogens is 3. The fraction of sp³-hybridized carbons (Fsp3) is 0.231. The minimum absolute atomic E-state index is 0.0495. The number of likely N-dealkylation sites (tertiary alicyclic amines) is 1. The number of ether oxygens (including phenoxy) is 1. The Hall–Kier alpha value is -4.55. The molecule has 1 unspecified atom stereocenters. The van der Waals surface area contributed by atoms with Crippen LogP contribution in [-0.2, 0) is 4.79 Å². The van der Waals surface area contributed by atoms with E-state index in [1.54, 1.807) is 59.7 Å². The van der Waals surface area contributed by atoms with Gasteiger partial charge in [0.05, 0.1) is 18.4 Å². The lowest BCUT2D eigenvalue weighted by molar-refractivity contribution is -0.192. The molecular formula is C26H21F5N4O4. The number of para-hydroxylation sites is 1. The molecule has 204 valence electrons. The predicted octanol–water partition coefficient (Wildman–Crippen LogP) is 4.98. The van der Waals surface area contributed by atoms with Crippen LogP contribution < -0.4 is 4.74 Å². The average molecular weight is 548 g/mol. The number of carboxylic acid groups (broad SMARTS) is 1. The van der Waals surface area contributed by atoms with Crippen molar-refractivity contribution in [3.63, 3.8) is 0 Å². The van der Waals surface area contributed by atoms with Crippen LogP contribution >= 0.6 is 0 Å². The summed E-state index contributed by atoms with van der Waals surface area (Å²) in [6, 6.07) is 17.8. The smallest absolute Gasteiger partial charge is 0.475 e. The van der Waals surface area contributed by atoms with E-state index in [1.165, 1.54) is 4.90 Å². The number of rotatable bonds is 4. The summed E-state index contributed by atoms with van der Waals surface area (Å²) >= 11 is 0. The van der Waals surface area contributed by atoms with Crippen LogP contribution in [-0.4, -0.2) is 67.7 Å². The molecule has 1 N–H and O–H groups in total. The average Bonchev–Trinajstić information content (AvgIpc) is 3.45. The second-order valence-corrected chi connectivity index (χ2v) is 8.53. The number of carbonyl (C=O) groups is 2. The van der Waals surface area contributed by atoms with Crippen molar-refractivity contribution in [2.45, 2.75) is 24.6 Å². The number of alkyl halides is 5. The SMILES string of the molecule is O=C(O)C(F)(F)F.O=C(c1cccc(-n2ccnc2)c1)N1CCC(F)(F)C(Oc2ccc3ccccc3n2)C1. The van der Waals surface area contributed by atoms with Crippen LogP contribution in [0.1, 0.15) is 16.8 Å². The lowest BCUT2D eigenvalue weighted by Gasteiger charge is -2.38. The van der Waals surface area contributed by atoms with E-state index in [2.05, 4.69) is 9.97 Å². The second-order valence-electron chi connectivity index (χ2n) is 8.53. The summed E-state index contributed by atoms with van der Waals surface area (Å²) < 4.78 is 68.4. The van der Waals surface area contributed by atoms with Gasteiger partial charge >= 0.3 is 12.1 Å². The van der Waals surface area contributed by atoms with Gasteiger partial charge in [-0.1, -0.05) is 24.3 Å².